The van der Waals surface area contributed by atoms with E-state index in [9.17, 15) is 39.7 Å². The largest absolute Gasteiger partial charge is 0.507 e. The van der Waals surface area contributed by atoms with Gasteiger partial charge in [0.1, 0.15) is 5.76 Å². The van der Waals surface area contributed by atoms with E-state index in [-0.39, 0.29) is 41.9 Å². The molecule has 1 aliphatic rings. The van der Waals surface area contributed by atoms with Crippen molar-refractivity contribution in [2.75, 3.05) is 6.54 Å². The van der Waals surface area contributed by atoms with Crippen LogP contribution in [0.25, 0.3) is 5.76 Å². The molecule has 0 radical (unpaired) electrons. The van der Waals surface area contributed by atoms with Gasteiger partial charge in [0.25, 0.3) is 23.1 Å². The molecule has 2 N–H and O–H groups in total. The molecule has 1 atom stereocenters. The van der Waals surface area contributed by atoms with Crippen LogP contribution < -0.4 is 0 Å². The molecular weight excluding hydrogens is 438 g/mol. The van der Waals surface area contributed by atoms with Gasteiger partial charge in [0, 0.05) is 42.8 Å². The van der Waals surface area contributed by atoms with Crippen molar-refractivity contribution in [3.63, 3.8) is 0 Å². The topological polar surface area (TPSA) is 181 Å². The zero-order chi connectivity index (χ0) is 24.3. The number of Topliss-reactive ketones (excluding diaryl/α,β-unsaturated/α-hetero) is 1. The lowest BCUT2D eigenvalue weighted by atomic mass is 9.95. The van der Waals surface area contributed by atoms with Gasteiger partial charge in [-0.15, -0.1) is 0 Å². The summed E-state index contributed by atoms with van der Waals surface area (Å²) in [4.78, 5) is 58.1. The second-order valence-electron chi connectivity index (χ2n) is 7.14. The Morgan fingerprint density at radius 3 is 1.91 bits per heavy atom. The highest BCUT2D eigenvalue weighted by molar-refractivity contribution is 6.46. The Morgan fingerprint density at radius 2 is 1.42 bits per heavy atom. The maximum atomic E-state index is 12.8. The van der Waals surface area contributed by atoms with E-state index in [4.69, 9.17) is 5.11 Å². The number of nitro benzene ring substituents is 2. The number of ketones is 1. The average Bonchev–Trinajstić information content (AvgIpc) is 3.03. The SMILES string of the molecule is O=C(O)CCCN1C(=O)C(=O)C(=C(O)c2ccc([N+](=O)[O-])cc2)[C@@H]1c1ccc([N+](=O)[O-])cc1. The van der Waals surface area contributed by atoms with Gasteiger partial charge in [0.2, 0.25) is 0 Å². The molecule has 3 rings (SSSR count). The molecule has 1 saturated heterocycles. The second kappa shape index (κ2) is 9.26. The van der Waals surface area contributed by atoms with E-state index in [0.717, 1.165) is 17.0 Å². The minimum absolute atomic E-state index is 0.0312. The number of amides is 1. The minimum Gasteiger partial charge on any atom is -0.507 e. The normalized spacial score (nSPS) is 17.2. The van der Waals surface area contributed by atoms with Crippen LogP contribution in [0, 0.1) is 20.2 Å². The number of aliphatic hydroxyl groups is 1. The molecule has 12 heteroatoms. The van der Waals surface area contributed by atoms with Crippen LogP contribution in [-0.4, -0.2) is 49.2 Å². The summed E-state index contributed by atoms with van der Waals surface area (Å²) in [6, 6.07) is 8.59. The molecule has 0 aliphatic carbocycles. The zero-order valence-corrected chi connectivity index (χ0v) is 16.9. The van der Waals surface area contributed by atoms with Crippen molar-refractivity contribution in [2.24, 2.45) is 0 Å². The van der Waals surface area contributed by atoms with Crippen molar-refractivity contribution in [2.45, 2.75) is 18.9 Å². The molecule has 0 unspecified atom stereocenters. The van der Waals surface area contributed by atoms with Gasteiger partial charge in [-0.25, -0.2) is 0 Å². The highest BCUT2D eigenvalue weighted by Crippen LogP contribution is 2.40. The first-order chi connectivity index (χ1) is 15.6. The van der Waals surface area contributed by atoms with Gasteiger partial charge in [0.15, 0.2) is 0 Å². The quantitative estimate of drug-likeness (QED) is 0.199. The number of carbonyl (C=O) groups is 3. The van der Waals surface area contributed by atoms with E-state index in [1.54, 1.807) is 0 Å². The van der Waals surface area contributed by atoms with Crippen LogP contribution in [0.3, 0.4) is 0 Å². The maximum Gasteiger partial charge on any atom is 0.303 e. The summed E-state index contributed by atoms with van der Waals surface area (Å²) in [5.41, 5.74) is -0.433. The highest BCUT2D eigenvalue weighted by atomic mass is 16.6. The van der Waals surface area contributed by atoms with Crippen LogP contribution in [0.5, 0.6) is 0 Å². The predicted octanol–water partition coefficient (Wildman–Crippen LogP) is 2.79. The maximum absolute atomic E-state index is 12.8. The number of hydrogen-bond acceptors (Lipinski definition) is 8. The average molecular weight is 455 g/mol. The molecule has 170 valence electrons. The lowest BCUT2D eigenvalue weighted by Crippen LogP contribution is -2.31. The van der Waals surface area contributed by atoms with E-state index in [1.807, 2.05) is 0 Å². The van der Waals surface area contributed by atoms with Crippen LogP contribution in [-0.2, 0) is 14.4 Å². The molecule has 0 aromatic heterocycles. The van der Waals surface area contributed by atoms with Gasteiger partial charge < -0.3 is 15.1 Å². The number of non-ortho nitro benzene ring substituents is 2. The standard InChI is InChI=1S/C21H17N3O9/c25-16(26)2-1-11-22-18(12-3-7-14(8-4-12)23(30)31)17(20(28)21(22)29)19(27)13-5-9-15(10-6-13)24(32)33/h3-10,18,27H,1-2,11H2,(H,25,26)/t18-/m0/s1. The summed E-state index contributed by atoms with van der Waals surface area (Å²) >= 11 is 0. The van der Waals surface area contributed by atoms with Crippen molar-refractivity contribution in [3.8, 4) is 0 Å². The number of carboxylic acid groups (broad SMARTS) is 1. The van der Waals surface area contributed by atoms with Crippen LogP contribution >= 0.6 is 0 Å². The van der Waals surface area contributed by atoms with Crippen molar-refractivity contribution >= 4 is 34.8 Å². The van der Waals surface area contributed by atoms with Gasteiger partial charge in [-0.3, -0.25) is 34.6 Å². The molecule has 12 nitrogen and oxygen atoms in total. The summed E-state index contributed by atoms with van der Waals surface area (Å²) in [6.07, 6.45) is -0.234. The van der Waals surface area contributed by atoms with Crippen molar-refractivity contribution in [3.05, 3.63) is 85.5 Å². The summed E-state index contributed by atoms with van der Waals surface area (Å²) in [6.45, 7) is -0.116. The fraction of sp³-hybridized carbons (Fsp3) is 0.190. The number of carboxylic acids is 1. The number of aliphatic carboxylic acids is 1. The Morgan fingerprint density at radius 1 is 0.909 bits per heavy atom. The third-order valence-corrected chi connectivity index (χ3v) is 5.10. The number of hydrogen-bond donors (Lipinski definition) is 2. The molecule has 1 amide bonds. The van der Waals surface area contributed by atoms with Gasteiger partial charge in [0.05, 0.1) is 21.5 Å². The third kappa shape index (κ3) is 4.69. The van der Waals surface area contributed by atoms with Gasteiger partial charge in [-0.2, -0.15) is 0 Å². The van der Waals surface area contributed by atoms with Crippen LogP contribution in [0.2, 0.25) is 0 Å². The third-order valence-electron chi connectivity index (χ3n) is 5.10. The number of rotatable bonds is 8. The first-order valence-corrected chi connectivity index (χ1v) is 9.61. The lowest BCUT2D eigenvalue weighted by molar-refractivity contribution is -0.385. The molecule has 0 saturated carbocycles. The summed E-state index contributed by atoms with van der Waals surface area (Å²) in [7, 11) is 0. The molecule has 2 aromatic rings. The molecule has 1 aliphatic heterocycles. The van der Waals surface area contributed by atoms with E-state index in [1.165, 1.54) is 36.4 Å². The summed E-state index contributed by atoms with van der Waals surface area (Å²) in [5, 5.41) is 41.6. The Bertz CT molecular complexity index is 1170. The molecule has 33 heavy (non-hydrogen) atoms. The number of nitrogens with zero attached hydrogens (tertiary/aromatic N) is 3. The molecule has 0 spiro atoms. The van der Waals surface area contributed by atoms with Crippen LogP contribution in [0.4, 0.5) is 11.4 Å². The van der Waals surface area contributed by atoms with Crippen LogP contribution in [0.1, 0.15) is 30.0 Å². The van der Waals surface area contributed by atoms with E-state index in [2.05, 4.69) is 0 Å². The van der Waals surface area contributed by atoms with Crippen molar-refractivity contribution < 1.29 is 34.4 Å². The first-order valence-electron chi connectivity index (χ1n) is 9.61. The number of benzene rings is 2. The van der Waals surface area contributed by atoms with Crippen molar-refractivity contribution in [1.82, 2.24) is 4.90 Å². The smallest absolute Gasteiger partial charge is 0.303 e. The Labute approximate surface area is 185 Å². The molecule has 1 fully saturated rings. The number of nitro groups is 2. The van der Waals surface area contributed by atoms with Crippen molar-refractivity contribution in [1.29, 1.82) is 0 Å². The van der Waals surface area contributed by atoms with Gasteiger partial charge in [-0.1, -0.05) is 0 Å². The lowest BCUT2D eigenvalue weighted by Gasteiger charge is -2.25. The zero-order valence-electron chi connectivity index (χ0n) is 16.9. The minimum atomic E-state index is -1.13. The monoisotopic (exact) mass is 455 g/mol. The fourth-order valence-corrected chi connectivity index (χ4v) is 3.53. The molecule has 0 bridgehead atoms. The molecular formula is C21H17N3O9. The van der Waals surface area contributed by atoms with Gasteiger partial charge >= 0.3 is 5.97 Å². The number of likely N-dealkylation sites (tertiary alicyclic amines) is 1. The number of aliphatic hydroxyl groups excluding tert-OH is 1. The fourth-order valence-electron chi connectivity index (χ4n) is 3.53. The Kier molecular flexibility index (Phi) is 6.47. The Balaban J connectivity index is 2.10. The predicted molar refractivity (Wildman–Crippen MR) is 112 cm³/mol. The van der Waals surface area contributed by atoms with E-state index in [0.29, 0.717) is 5.56 Å². The second-order valence-corrected chi connectivity index (χ2v) is 7.14. The summed E-state index contributed by atoms with van der Waals surface area (Å²) in [5.74, 6) is -3.66. The highest BCUT2D eigenvalue weighted by Gasteiger charge is 2.45. The van der Waals surface area contributed by atoms with E-state index < -0.39 is 39.3 Å². The number of carbonyl (C=O) groups excluding carboxylic acids is 2. The molecule has 2 aromatic carbocycles. The summed E-state index contributed by atoms with van der Waals surface area (Å²) < 4.78 is 0. The van der Waals surface area contributed by atoms with Crippen LogP contribution in [0.15, 0.2) is 54.1 Å². The van der Waals surface area contributed by atoms with Gasteiger partial charge in [-0.05, 0) is 36.2 Å². The van der Waals surface area contributed by atoms with E-state index >= 15 is 0 Å². The first kappa shape index (κ1) is 23.1. The molecule has 1 heterocycles. The Hall–Kier alpha value is -4.61.